The van der Waals surface area contributed by atoms with Crippen molar-refractivity contribution in [2.24, 2.45) is 0 Å². The van der Waals surface area contributed by atoms with Crippen LogP contribution in [0.15, 0.2) is 36.4 Å². The van der Waals surface area contributed by atoms with Crippen LogP contribution in [0.25, 0.3) is 0 Å². The van der Waals surface area contributed by atoms with Crippen molar-refractivity contribution in [2.45, 2.75) is 11.0 Å². The maximum atomic E-state index is 12.6. The summed E-state index contributed by atoms with van der Waals surface area (Å²) in [6, 6.07) is 8.79. The van der Waals surface area contributed by atoms with E-state index in [1.807, 2.05) is 0 Å². The minimum absolute atomic E-state index is 0.280. The molecule has 0 fully saturated rings. The average molecular weight is 356 g/mol. The number of hydrogen-bond donors (Lipinski definition) is 0. The van der Waals surface area contributed by atoms with Crippen molar-refractivity contribution < 1.29 is 13.2 Å². The molecule has 18 heavy (non-hydrogen) atoms. The van der Waals surface area contributed by atoms with Gasteiger partial charge < -0.3 is 0 Å². The van der Waals surface area contributed by atoms with Gasteiger partial charge >= 0.3 is 6.18 Å². The lowest BCUT2D eigenvalue weighted by Gasteiger charge is -2.12. The summed E-state index contributed by atoms with van der Waals surface area (Å²) in [5.41, 5.74) is -0.0876. The lowest BCUT2D eigenvalue weighted by atomic mass is 10.1. The molecule has 1 aromatic heterocycles. The molecule has 96 valence electrons. The van der Waals surface area contributed by atoms with E-state index in [1.165, 1.54) is 17.4 Å². The van der Waals surface area contributed by atoms with Crippen LogP contribution in [0.5, 0.6) is 0 Å². The fraction of sp³-hybridized carbons (Fsp3) is 0.167. The molecule has 0 saturated heterocycles. The molecule has 0 spiro atoms. The quantitative estimate of drug-likeness (QED) is 0.588. The Morgan fingerprint density at radius 3 is 2.44 bits per heavy atom. The molecule has 0 aliphatic carbocycles. The minimum Gasteiger partial charge on any atom is -0.166 e. The van der Waals surface area contributed by atoms with Crippen LogP contribution in [0.2, 0.25) is 4.34 Å². The molecule has 0 N–H and O–H groups in total. The molecule has 0 bridgehead atoms. The third-order valence-corrected chi connectivity index (χ3v) is 4.97. The van der Waals surface area contributed by atoms with Crippen LogP contribution in [0.4, 0.5) is 13.2 Å². The number of hydrogen-bond acceptors (Lipinski definition) is 1. The van der Waals surface area contributed by atoms with E-state index < -0.39 is 11.7 Å². The van der Waals surface area contributed by atoms with Crippen molar-refractivity contribution in [1.29, 1.82) is 0 Å². The highest BCUT2D eigenvalue weighted by Gasteiger charge is 2.31. The molecule has 0 aliphatic heterocycles. The van der Waals surface area contributed by atoms with Gasteiger partial charge in [-0.3, -0.25) is 0 Å². The van der Waals surface area contributed by atoms with E-state index in [4.69, 9.17) is 11.6 Å². The Morgan fingerprint density at radius 1 is 1.17 bits per heavy atom. The molecule has 6 heteroatoms. The van der Waals surface area contributed by atoms with E-state index in [1.54, 1.807) is 18.2 Å². The number of rotatable bonds is 2. The van der Waals surface area contributed by atoms with Crippen LogP contribution in [0.1, 0.15) is 20.8 Å². The van der Waals surface area contributed by atoms with Crippen molar-refractivity contribution in [2.75, 3.05) is 0 Å². The molecule has 0 nitrogen and oxygen atoms in total. The summed E-state index contributed by atoms with van der Waals surface area (Å²) in [4.78, 5) is 0.594. The van der Waals surface area contributed by atoms with Gasteiger partial charge in [0.15, 0.2) is 0 Å². The van der Waals surface area contributed by atoms with E-state index in [0.717, 1.165) is 17.0 Å². The molecular weight excluding hydrogens is 349 g/mol. The predicted molar refractivity (Wildman–Crippen MR) is 71.5 cm³/mol. The van der Waals surface area contributed by atoms with Gasteiger partial charge in [-0.2, -0.15) is 13.2 Å². The molecule has 1 unspecified atom stereocenters. The standard InChI is InChI=1S/C12H7BrClF3S/c13-11(9-4-5-10(14)18-9)7-2-1-3-8(6-7)12(15,16)17/h1-6,11H. The second-order valence-corrected chi connectivity index (χ2v) is 6.29. The highest BCUT2D eigenvalue weighted by Crippen LogP contribution is 2.38. The average Bonchev–Trinajstić information content (AvgIpc) is 2.74. The van der Waals surface area contributed by atoms with Crippen LogP contribution < -0.4 is 0 Å². The Balaban J connectivity index is 2.34. The Labute approximate surface area is 120 Å². The van der Waals surface area contributed by atoms with Gasteiger partial charge in [-0.25, -0.2) is 0 Å². The Morgan fingerprint density at radius 2 is 1.89 bits per heavy atom. The van der Waals surface area contributed by atoms with Gasteiger partial charge in [-0.05, 0) is 23.8 Å². The van der Waals surface area contributed by atoms with Crippen LogP contribution in [-0.4, -0.2) is 0 Å². The van der Waals surface area contributed by atoms with Gasteiger partial charge in [-0.1, -0.05) is 45.7 Å². The van der Waals surface area contributed by atoms with Crippen molar-refractivity contribution >= 4 is 38.9 Å². The summed E-state index contributed by atoms with van der Waals surface area (Å²) in [5.74, 6) is 0. The lowest BCUT2D eigenvalue weighted by molar-refractivity contribution is -0.137. The number of thiophene rings is 1. The maximum absolute atomic E-state index is 12.6. The molecule has 0 aliphatic rings. The first-order valence-corrected chi connectivity index (χ1v) is 7.05. The SMILES string of the molecule is FC(F)(F)c1cccc(C(Br)c2ccc(Cl)s2)c1. The molecule has 0 amide bonds. The first-order chi connectivity index (χ1) is 8.38. The highest BCUT2D eigenvalue weighted by atomic mass is 79.9. The van der Waals surface area contributed by atoms with E-state index >= 15 is 0 Å². The Hall–Kier alpha value is -0.520. The van der Waals surface area contributed by atoms with Gasteiger partial charge in [0.05, 0.1) is 14.7 Å². The Bertz CT molecular complexity index is 550. The van der Waals surface area contributed by atoms with E-state index in [-0.39, 0.29) is 4.83 Å². The molecular formula is C12H7BrClF3S. The highest BCUT2D eigenvalue weighted by molar-refractivity contribution is 9.09. The third-order valence-electron chi connectivity index (χ3n) is 2.35. The lowest BCUT2D eigenvalue weighted by Crippen LogP contribution is -2.05. The number of halogens is 5. The number of benzene rings is 1. The van der Waals surface area contributed by atoms with Crippen molar-refractivity contribution in [3.63, 3.8) is 0 Å². The van der Waals surface area contributed by atoms with Crippen LogP contribution >= 0.6 is 38.9 Å². The molecule has 1 aromatic carbocycles. The fourth-order valence-electron chi connectivity index (χ4n) is 1.50. The van der Waals surface area contributed by atoms with E-state index in [9.17, 15) is 13.2 Å². The molecule has 0 saturated carbocycles. The summed E-state index contributed by atoms with van der Waals surface area (Å²) < 4.78 is 38.4. The van der Waals surface area contributed by atoms with E-state index in [0.29, 0.717) is 9.90 Å². The maximum Gasteiger partial charge on any atom is 0.416 e. The summed E-state index contributed by atoms with van der Waals surface area (Å²) in [6.45, 7) is 0. The van der Waals surface area contributed by atoms with Crippen molar-refractivity contribution in [3.05, 3.63) is 56.7 Å². The van der Waals surface area contributed by atoms with Crippen LogP contribution in [-0.2, 0) is 6.18 Å². The molecule has 1 atom stereocenters. The summed E-state index contributed by atoms with van der Waals surface area (Å²) in [5, 5.41) is 0. The fourth-order valence-corrected chi connectivity index (χ4v) is 3.29. The van der Waals surface area contributed by atoms with Crippen LogP contribution in [0, 0.1) is 0 Å². The summed E-state index contributed by atoms with van der Waals surface area (Å²) >= 11 is 10.5. The molecule has 2 aromatic rings. The van der Waals surface area contributed by atoms with Gasteiger partial charge in [0.1, 0.15) is 0 Å². The first kappa shape index (κ1) is 13.9. The largest absolute Gasteiger partial charge is 0.416 e. The summed E-state index contributed by atoms with van der Waals surface area (Å²) in [7, 11) is 0. The monoisotopic (exact) mass is 354 g/mol. The van der Waals surface area contributed by atoms with E-state index in [2.05, 4.69) is 15.9 Å². The number of alkyl halides is 4. The summed E-state index contributed by atoms with van der Waals surface area (Å²) in [6.07, 6.45) is -4.32. The Kier molecular flexibility index (Phi) is 4.04. The molecule has 1 heterocycles. The smallest absolute Gasteiger partial charge is 0.166 e. The van der Waals surface area contributed by atoms with Crippen LogP contribution in [0.3, 0.4) is 0 Å². The normalized spacial score (nSPS) is 13.6. The second-order valence-electron chi connectivity index (χ2n) is 3.63. The zero-order chi connectivity index (χ0) is 13.3. The third kappa shape index (κ3) is 3.08. The zero-order valence-electron chi connectivity index (χ0n) is 8.84. The van der Waals surface area contributed by atoms with Crippen molar-refractivity contribution in [3.8, 4) is 0 Å². The van der Waals surface area contributed by atoms with Gasteiger partial charge in [0.25, 0.3) is 0 Å². The first-order valence-electron chi connectivity index (χ1n) is 4.94. The zero-order valence-corrected chi connectivity index (χ0v) is 12.0. The van der Waals surface area contributed by atoms with Gasteiger partial charge in [-0.15, -0.1) is 11.3 Å². The van der Waals surface area contributed by atoms with Gasteiger partial charge in [0, 0.05) is 4.88 Å². The topological polar surface area (TPSA) is 0 Å². The minimum atomic E-state index is -4.32. The second kappa shape index (κ2) is 5.23. The molecule has 2 rings (SSSR count). The molecule has 0 radical (unpaired) electrons. The van der Waals surface area contributed by atoms with Crippen molar-refractivity contribution in [1.82, 2.24) is 0 Å². The van der Waals surface area contributed by atoms with Gasteiger partial charge in [0.2, 0.25) is 0 Å². The predicted octanol–water partition coefficient (Wildman–Crippen LogP) is 5.90.